The number of alkyl halides is 2. The number of nitrogens with one attached hydrogen (secondary N) is 1. The lowest BCUT2D eigenvalue weighted by atomic mass is 10.1. The van der Waals surface area contributed by atoms with Crippen LogP contribution < -0.4 is 5.32 Å². The molecule has 0 saturated carbocycles. The van der Waals surface area contributed by atoms with Gasteiger partial charge in [0.15, 0.2) is 0 Å². The molecule has 0 bridgehead atoms. The molecular weight excluding hydrogens is 504 g/mol. The van der Waals surface area contributed by atoms with Crippen molar-refractivity contribution in [2.24, 2.45) is 9.98 Å². The number of nitrogens with zero attached hydrogens (tertiary/aromatic N) is 2. The number of halogens is 2. The number of aryl methyl sites for hydroxylation is 1. The second-order valence-corrected chi connectivity index (χ2v) is 8.35. The fourth-order valence-corrected chi connectivity index (χ4v) is 2.42. The molecule has 1 N–H and O–H groups in total. The third-order valence-electron chi connectivity index (χ3n) is 4.48. The van der Waals surface area contributed by atoms with E-state index in [1.54, 1.807) is 19.2 Å². The van der Waals surface area contributed by atoms with Gasteiger partial charge < -0.3 is 15.0 Å². The van der Waals surface area contributed by atoms with Crippen LogP contribution in [-0.2, 0) is 11.2 Å². The second kappa shape index (κ2) is 32.1. The van der Waals surface area contributed by atoms with Crippen LogP contribution >= 0.6 is 0 Å². The summed E-state index contributed by atoms with van der Waals surface area (Å²) in [5.74, 6) is -0.442. The Morgan fingerprint density at radius 3 is 1.73 bits per heavy atom. The van der Waals surface area contributed by atoms with Crippen molar-refractivity contribution >= 4 is 18.4 Å². The van der Waals surface area contributed by atoms with E-state index in [0.29, 0.717) is 5.56 Å². The van der Waals surface area contributed by atoms with Gasteiger partial charge in [0.05, 0.1) is 0 Å². The van der Waals surface area contributed by atoms with E-state index in [4.69, 9.17) is 4.74 Å². The molecule has 0 heterocycles. The van der Waals surface area contributed by atoms with E-state index in [9.17, 15) is 8.78 Å². The number of allylic oxidation sites excluding steroid dienone is 6. The van der Waals surface area contributed by atoms with Crippen molar-refractivity contribution in [3.63, 3.8) is 0 Å². The Balaban J connectivity index is -0.000000242. The topological polar surface area (TPSA) is 46.0 Å². The van der Waals surface area contributed by atoms with E-state index in [0.717, 1.165) is 17.6 Å². The van der Waals surface area contributed by atoms with Crippen molar-refractivity contribution in [2.45, 2.75) is 81.1 Å². The number of rotatable bonds is 11. The van der Waals surface area contributed by atoms with Crippen LogP contribution in [0.4, 0.5) is 8.78 Å². The van der Waals surface area contributed by atoms with E-state index in [-0.39, 0.29) is 5.76 Å². The van der Waals surface area contributed by atoms with Crippen molar-refractivity contribution in [1.29, 1.82) is 0 Å². The molecule has 0 amide bonds. The van der Waals surface area contributed by atoms with Gasteiger partial charge in [-0.3, -0.25) is 4.99 Å². The standard InChI is InChI=1S/C13H15F2NO.C11H16.C6H15N.C2H5N.C2H6/c1-4-10-5-7-11(8-6-10)9(2)17-13(16-3)12(14)15;1-6-11(10(4)5)8-7-9(2)3;1-3-5-7-6-4-2;1-3-2;1-2/h5-8,12H,2,4H2,1,3H3;6-8H,1,4H2,2-3,5H3;7H,3-6H2,1-2H3;1H2,2H3;1-2H3/b;11-8+;;;. The zero-order chi connectivity index (χ0) is 31.9. The van der Waals surface area contributed by atoms with Crippen LogP contribution in [0, 0.1) is 0 Å². The minimum atomic E-state index is -2.73. The summed E-state index contributed by atoms with van der Waals surface area (Å²) < 4.78 is 29.7. The van der Waals surface area contributed by atoms with E-state index in [1.807, 2.05) is 52.0 Å². The summed E-state index contributed by atoms with van der Waals surface area (Å²) in [5, 5.41) is 3.28. The molecule has 0 spiro atoms. The third kappa shape index (κ3) is 27.9. The van der Waals surface area contributed by atoms with Crippen molar-refractivity contribution in [3.05, 3.63) is 90.1 Å². The van der Waals surface area contributed by atoms with Gasteiger partial charge in [0.25, 0.3) is 5.90 Å². The SMILES string of the molecule is C=C(OC(=NC)C(F)F)c1ccc(CC)cc1.C=C/C(=C\C=C(C)C)C(=C)C.C=NC.CC.CCCNCCC. The summed E-state index contributed by atoms with van der Waals surface area (Å²) in [4.78, 5) is 6.62. The summed E-state index contributed by atoms with van der Waals surface area (Å²) in [5.41, 5.74) is 5.28. The quantitative estimate of drug-likeness (QED) is 0.0960. The van der Waals surface area contributed by atoms with Crippen LogP contribution in [0.15, 0.2) is 88.9 Å². The van der Waals surface area contributed by atoms with Crippen LogP contribution in [-0.4, -0.2) is 46.2 Å². The molecular formula is C34H57F2N3O. The van der Waals surface area contributed by atoms with Crippen molar-refractivity contribution < 1.29 is 13.5 Å². The summed E-state index contributed by atoms with van der Waals surface area (Å²) in [6.07, 6.45) is 6.61. The van der Waals surface area contributed by atoms with Gasteiger partial charge in [-0.1, -0.05) is 108 Å². The van der Waals surface area contributed by atoms with Crippen LogP contribution in [0.3, 0.4) is 0 Å². The van der Waals surface area contributed by atoms with Crippen LogP contribution in [0.25, 0.3) is 5.76 Å². The van der Waals surface area contributed by atoms with Crippen molar-refractivity contribution in [1.82, 2.24) is 5.32 Å². The highest BCUT2D eigenvalue weighted by Gasteiger charge is 2.15. The first-order valence-corrected chi connectivity index (χ1v) is 13.9. The fourth-order valence-electron chi connectivity index (χ4n) is 2.42. The van der Waals surface area contributed by atoms with E-state index in [1.165, 1.54) is 44.1 Å². The first kappa shape index (κ1) is 43.9. The van der Waals surface area contributed by atoms with Crippen LogP contribution in [0.5, 0.6) is 0 Å². The summed E-state index contributed by atoms with van der Waals surface area (Å²) in [7, 11) is 2.90. The molecule has 0 saturated heterocycles. The highest BCUT2D eigenvalue weighted by atomic mass is 19.3. The molecule has 1 aromatic rings. The predicted octanol–water partition coefficient (Wildman–Crippen LogP) is 9.91. The lowest BCUT2D eigenvalue weighted by molar-refractivity contribution is 0.196. The molecule has 4 nitrogen and oxygen atoms in total. The number of hydrogen-bond acceptors (Lipinski definition) is 4. The molecule has 0 radical (unpaired) electrons. The number of hydrogen-bond donors (Lipinski definition) is 1. The highest BCUT2D eigenvalue weighted by Crippen LogP contribution is 2.17. The molecule has 228 valence electrons. The van der Waals surface area contributed by atoms with Gasteiger partial charge >= 0.3 is 6.43 Å². The van der Waals surface area contributed by atoms with Gasteiger partial charge in [-0.2, -0.15) is 8.78 Å². The minimum Gasteiger partial charge on any atom is -0.438 e. The highest BCUT2D eigenvalue weighted by molar-refractivity contribution is 5.84. The lowest BCUT2D eigenvalue weighted by Crippen LogP contribution is -2.14. The second-order valence-electron chi connectivity index (χ2n) is 8.35. The van der Waals surface area contributed by atoms with Gasteiger partial charge in [0.1, 0.15) is 5.76 Å². The number of ether oxygens (including phenoxy) is 1. The monoisotopic (exact) mass is 561 g/mol. The third-order valence-corrected chi connectivity index (χ3v) is 4.48. The first-order chi connectivity index (χ1) is 19.0. The molecule has 0 atom stereocenters. The molecule has 40 heavy (non-hydrogen) atoms. The number of aliphatic imine (C=N–C) groups is 2. The molecule has 1 rings (SSSR count). The average molecular weight is 562 g/mol. The maximum Gasteiger partial charge on any atom is 0.312 e. The van der Waals surface area contributed by atoms with Crippen molar-refractivity contribution in [2.75, 3.05) is 27.2 Å². The Kier molecular flexibility index (Phi) is 35.2. The smallest absolute Gasteiger partial charge is 0.312 e. The Bertz CT molecular complexity index is 875. The molecule has 0 aliphatic carbocycles. The predicted molar refractivity (Wildman–Crippen MR) is 178 cm³/mol. The summed E-state index contributed by atoms with van der Waals surface area (Å²) in [6.45, 7) is 33.1. The van der Waals surface area contributed by atoms with Gasteiger partial charge in [-0.25, -0.2) is 0 Å². The maximum atomic E-state index is 12.4. The average Bonchev–Trinajstić information content (AvgIpc) is 2.94. The Morgan fingerprint density at radius 1 is 0.950 bits per heavy atom. The maximum absolute atomic E-state index is 12.4. The Morgan fingerprint density at radius 2 is 1.43 bits per heavy atom. The summed E-state index contributed by atoms with van der Waals surface area (Å²) in [6, 6.07) is 7.41. The molecule has 0 fully saturated rings. The molecule has 6 heteroatoms. The van der Waals surface area contributed by atoms with Gasteiger partial charge in [0.2, 0.25) is 0 Å². The van der Waals surface area contributed by atoms with Crippen molar-refractivity contribution in [3.8, 4) is 0 Å². The molecule has 0 aliphatic rings. The van der Waals surface area contributed by atoms with Gasteiger partial charge in [0, 0.05) is 19.7 Å². The molecule has 0 aromatic heterocycles. The minimum absolute atomic E-state index is 0.175. The van der Waals surface area contributed by atoms with Crippen LogP contribution in [0.2, 0.25) is 0 Å². The zero-order valence-electron chi connectivity index (χ0n) is 27.0. The van der Waals surface area contributed by atoms with Crippen LogP contribution in [0.1, 0.15) is 79.4 Å². The fraction of sp³-hybridized carbons (Fsp3) is 0.471. The lowest BCUT2D eigenvalue weighted by Gasteiger charge is -2.10. The van der Waals surface area contributed by atoms with E-state index < -0.39 is 12.3 Å². The summed E-state index contributed by atoms with van der Waals surface area (Å²) >= 11 is 0. The number of benzene rings is 1. The van der Waals surface area contributed by atoms with E-state index in [2.05, 4.69) is 75.5 Å². The molecule has 1 aromatic carbocycles. The van der Waals surface area contributed by atoms with E-state index >= 15 is 0 Å². The Hall–Kier alpha value is -3.12. The molecule has 0 unspecified atom stereocenters. The zero-order valence-corrected chi connectivity index (χ0v) is 27.0. The van der Waals surface area contributed by atoms with Gasteiger partial charge in [-0.15, -0.1) is 0 Å². The Labute approximate surface area is 245 Å². The van der Waals surface area contributed by atoms with Gasteiger partial charge in [-0.05, 0) is 71.0 Å². The largest absolute Gasteiger partial charge is 0.438 e. The normalized spacial score (nSPS) is 10.0. The molecule has 0 aliphatic heterocycles. The first-order valence-electron chi connectivity index (χ1n) is 13.9.